The highest BCUT2D eigenvalue weighted by molar-refractivity contribution is 6.33. The third-order valence-electron chi connectivity index (χ3n) is 2.18. The summed E-state index contributed by atoms with van der Waals surface area (Å²) in [6.45, 7) is 0. The fourth-order valence-corrected chi connectivity index (χ4v) is 1.47. The second-order valence-electron chi connectivity index (χ2n) is 3.31. The molecule has 16 heavy (non-hydrogen) atoms. The number of nitrogens with zero attached hydrogens (tertiary/aromatic N) is 1. The predicted molar refractivity (Wildman–Crippen MR) is 63.5 cm³/mol. The molecule has 0 saturated carbocycles. The van der Waals surface area contributed by atoms with E-state index in [0.29, 0.717) is 21.8 Å². The number of rotatable bonds is 2. The van der Waals surface area contributed by atoms with Gasteiger partial charge in [0, 0.05) is 23.5 Å². The fourth-order valence-electron chi connectivity index (χ4n) is 1.35. The van der Waals surface area contributed by atoms with Gasteiger partial charge in [-0.05, 0) is 30.3 Å². The lowest BCUT2D eigenvalue weighted by molar-refractivity contribution is 0.103. The van der Waals surface area contributed by atoms with E-state index >= 15 is 0 Å². The largest absolute Gasteiger partial charge is 0.398 e. The number of ketones is 1. The number of carbonyl (C=O) groups excluding carboxylic acids is 1. The van der Waals surface area contributed by atoms with Gasteiger partial charge in [-0.15, -0.1) is 0 Å². The number of benzene rings is 1. The van der Waals surface area contributed by atoms with Crippen LogP contribution in [0.2, 0.25) is 5.02 Å². The van der Waals surface area contributed by atoms with Gasteiger partial charge in [-0.2, -0.15) is 0 Å². The van der Waals surface area contributed by atoms with E-state index < -0.39 is 0 Å². The molecule has 0 bridgehead atoms. The average Bonchev–Trinajstić information content (AvgIpc) is 2.33. The van der Waals surface area contributed by atoms with Gasteiger partial charge in [-0.25, -0.2) is 0 Å². The van der Waals surface area contributed by atoms with Crippen molar-refractivity contribution in [2.24, 2.45) is 0 Å². The van der Waals surface area contributed by atoms with Crippen LogP contribution in [-0.4, -0.2) is 10.8 Å². The Morgan fingerprint density at radius 3 is 2.69 bits per heavy atom. The van der Waals surface area contributed by atoms with Crippen molar-refractivity contribution in [2.45, 2.75) is 0 Å². The molecule has 0 aliphatic rings. The normalized spacial score (nSPS) is 10.1. The number of carbonyl (C=O) groups is 1. The SMILES string of the molecule is Nc1cc(C(=O)c2cccnc2)ccc1Cl. The molecule has 3 nitrogen and oxygen atoms in total. The third kappa shape index (κ3) is 2.04. The highest BCUT2D eigenvalue weighted by Gasteiger charge is 2.09. The first-order chi connectivity index (χ1) is 7.68. The summed E-state index contributed by atoms with van der Waals surface area (Å²) < 4.78 is 0. The van der Waals surface area contributed by atoms with Gasteiger partial charge in [0.25, 0.3) is 0 Å². The first kappa shape index (κ1) is 10.6. The van der Waals surface area contributed by atoms with E-state index in [1.807, 2.05) is 0 Å². The number of pyridine rings is 1. The molecule has 0 aliphatic carbocycles. The van der Waals surface area contributed by atoms with E-state index in [2.05, 4.69) is 4.98 Å². The molecule has 0 amide bonds. The van der Waals surface area contributed by atoms with Crippen molar-refractivity contribution < 1.29 is 4.79 Å². The van der Waals surface area contributed by atoms with Crippen LogP contribution >= 0.6 is 11.6 Å². The quantitative estimate of drug-likeness (QED) is 0.640. The van der Waals surface area contributed by atoms with Gasteiger partial charge >= 0.3 is 0 Å². The van der Waals surface area contributed by atoms with Gasteiger partial charge < -0.3 is 5.73 Å². The van der Waals surface area contributed by atoms with E-state index in [0.717, 1.165) is 0 Å². The Labute approximate surface area is 97.9 Å². The first-order valence-electron chi connectivity index (χ1n) is 4.68. The Bertz CT molecular complexity index is 526. The predicted octanol–water partition coefficient (Wildman–Crippen LogP) is 2.55. The molecule has 4 heteroatoms. The molecule has 0 aliphatic heterocycles. The van der Waals surface area contributed by atoms with Crippen molar-refractivity contribution in [3.63, 3.8) is 0 Å². The summed E-state index contributed by atoms with van der Waals surface area (Å²) in [5.74, 6) is -0.114. The molecule has 0 spiro atoms. The lowest BCUT2D eigenvalue weighted by Gasteiger charge is -2.03. The minimum Gasteiger partial charge on any atom is -0.398 e. The van der Waals surface area contributed by atoms with Gasteiger partial charge in [0.15, 0.2) is 5.78 Å². The molecule has 1 heterocycles. The van der Waals surface area contributed by atoms with Gasteiger partial charge in [-0.1, -0.05) is 11.6 Å². The number of nitrogens with two attached hydrogens (primary N) is 1. The summed E-state index contributed by atoms with van der Waals surface area (Å²) in [7, 11) is 0. The fraction of sp³-hybridized carbons (Fsp3) is 0. The van der Waals surface area contributed by atoms with E-state index in [9.17, 15) is 4.79 Å². The Morgan fingerprint density at radius 2 is 2.06 bits per heavy atom. The standard InChI is InChI=1S/C12H9ClN2O/c13-10-4-3-8(6-11(10)14)12(16)9-2-1-5-15-7-9/h1-7H,14H2. The molecule has 2 rings (SSSR count). The van der Waals surface area contributed by atoms with E-state index in [1.54, 1.807) is 36.5 Å². The van der Waals surface area contributed by atoms with Crippen LogP contribution in [0.1, 0.15) is 15.9 Å². The van der Waals surface area contributed by atoms with E-state index in [-0.39, 0.29) is 5.78 Å². The Hall–Kier alpha value is -1.87. The van der Waals surface area contributed by atoms with Gasteiger partial charge in [0.1, 0.15) is 0 Å². The first-order valence-corrected chi connectivity index (χ1v) is 5.06. The lowest BCUT2D eigenvalue weighted by Crippen LogP contribution is -2.02. The Morgan fingerprint density at radius 1 is 1.25 bits per heavy atom. The Kier molecular flexibility index (Phi) is 2.88. The number of nitrogen functional groups attached to an aromatic ring is 1. The number of aromatic nitrogens is 1. The molecule has 0 saturated heterocycles. The van der Waals surface area contributed by atoms with Crippen molar-refractivity contribution in [3.8, 4) is 0 Å². The van der Waals surface area contributed by atoms with Crippen molar-refractivity contribution >= 4 is 23.1 Å². The van der Waals surface area contributed by atoms with Crippen molar-refractivity contribution in [1.29, 1.82) is 0 Å². The Balaban J connectivity index is 2.39. The van der Waals surface area contributed by atoms with E-state index in [1.165, 1.54) is 6.20 Å². The number of hydrogen-bond acceptors (Lipinski definition) is 3. The third-order valence-corrected chi connectivity index (χ3v) is 2.53. The topological polar surface area (TPSA) is 56.0 Å². The molecule has 2 aromatic rings. The molecular formula is C12H9ClN2O. The van der Waals surface area contributed by atoms with Crippen LogP contribution in [-0.2, 0) is 0 Å². The molecule has 2 N–H and O–H groups in total. The van der Waals surface area contributed by atoms with Gasteiger partial charge in [-0.3, -0.25) is 9.78 Å². The molecule has 80 valence electrons. The van der Waals surface area contributed by atoms with Crippen LogP contribution < -0.4 is 5.73 Å². The monoisotopic (exact) mass is 232 g/mol. The highest BCUT2D eigenvalue weighted by Crippen LogP contribution is 2.21. The lowest BCUT2D eigenvalue weighted by atomic mass is 10.0. The number of anilines is 1. The summed E-state index contributed by atoms with van der Waals surface area (Å²) in [6.07, 6.45) is 3.14. The molecule has 0 atom stereocenters. The highest BCUT2D eigenvalue weighted by atomic mass is 35.5. The van der Waals surface area contributed by atoms with Crippen LogP contribution in [0.3, 0.4) is 0 Å². The van der Waals surface area contributed by atoms with Crippen molar-refractivity contribution in [3.05, 3.63) is 58.9 Å². The summed E-state index contributed by atoms with van der Waals surface area (Å²) in [5.41, 5.74) is 7.08. The summed E-state index contributed by atoms with van der Waals surface area (Å²) in [6, 6.07) is 8.25. The van der Waals surface area contributed by atoms with Crippen molar-refractivity contribution in [1.82, 2.24) is 4.98 Å². The number of hydrogen-bond donors (Lipinski definition) is 1. The maximum absolute atomic E-state index is 12.0. The number of halogens is 1. The average molecular weight is 233 g/mol. The summed E-state index contributed by atoms with van der Waals surface area (Å²) in [4.78, 5) is 15.9. The van der Waals surface area contributed by atoms with Crippen LogP contribution in [0.5, 0.6) is 0 Å². The molecule has 0 fully saturated rings. The zero-order valence-electron chi connectivity index (χ0n) is 8.35. The van der Waals surface area contributed by atoms with Gasteiger partial charge in [0.05, 0.1) is 10.7 Å². The molecule has 1 aromatic heterocycles. The molecule has 1 aromatic carbocycles. The maximum atomic E-state index is 12.0. The molecule has 0 radical (unpaired) electrons. The van der Waals surface area contributed by atoms with Crippen LogP contribution in [0.4, 0.5) is 5.69 Å². The zero-order valence-corrected chi connectivity index (χ0v) is 9.11. The minimum atomic E-state index is -0.114. The second kappa shape index (κ2) is 4.33. The van der Waals surface area contributed by atoms with Crippen molar-refractivity contribution in [2.75, 3.05) is 5.73 Å². The zero-order chi connectivity index (χ0) is 11.5. The molecule has 0 unspecified atom stereocenters. The second-order valence-corrected chi connectivity index (χ2v) is 3.71. The summed E-state index contributed by atoms with van der Waals surface area (Å²) >= 11 is 5.78. The van der Waals surface area contributed by atoms with Crippen LogP contribution in [0.15, 0.2) is 42.7 Å². The van der Waals surface area contributed by atoms with Crippen LogP contribution in [0.25, 0.3) is 0 Å². The van der Waals surface area contributed by atoms with E-state index in [4.69, 9.17) is 17.3 Å². The van der Waals surface area contributed by atoms with Gasteiger partial charge in [0.2, 0.25) is 0 Å². The smallest absolute Gasteiger partial charge is 0.194 e. The molecular weight excluding hydrogens is 224 g/mol. The minimum absolute atomic E-state index is 0.114. The van der Waals surface area contributed by atoms with Crippen LogP contribution in [0, 0.1) is 0 Å². The maximum Gasteiger partial charge on any atom is 0.194 e. The summed E-state index contributed by atoms with van der Waals surface area (Å²) in [5, 5.41) is 0.447.